The fraction of sp³-hybridized carbons (Fsp3) is 0.652. The molecule has 32 heavy (non-hydrogen) atoms. The number of alkyl carbamates (subject to hydrolysis) is 1. The van der Waals surface area contributed by atoms with Crippen LogP contribution in [0.1, 0.15) is 51.9 Å². The van der Waals surface area contributed by atoms with Gasteiger partial charge in [-0.05, 0) is 49.7 Å². The number of nitrogens with one attached hydrogen (secondary N) is 1. The van der Waals surface area contributed by atoms with Gasteiger partial charge in [0.1, 0.15) is 6.04 Å². The molecular formula is C23H34N4O5. The van der Waals surface area contributed by atoms with Gasteiger partial charge in [0.15, 0.2) is 0 Å². The summed E-state index contributed by atoms with van der Waals surface area (Å²) in [5.41, 5.74) is 1.42. The van der Waals surface area contributed by atoms with E-state index < -0.39 is 18.1 Å². The number of carboxylic acid groups (broad SMARTS) is 1. The van der Waals surface area contributed by atoms with Gasteiger partial charge in [0.2, 0.25) is 5.91 Å². The summed E-state index contributed by atoms with van der Waals surface area (Å²) in [5, 5.41) is 11.7. The van der Waals surface area contributed by atoms with Crippen LogP contribution in [-0.4, -0.2) is 71.8 Å². The Kier molecular flexibility index (Phi) is 8.30. The Morgan fingerprint density at radius 2 is 1.88 bits per heavy atom. The van der Waals surface area contributed by atoms with E-state index in [2.05, 4.69) is 15.2 Å². The number of piperidine rings is 1. The third kappa shape index (κ3) is 6.34. The number of hydrogen-bond donors (Lipinski definition) is 2. The van der Waals surface area contributed by atoms with E-state index in [1.165, 1.54) is 5.69 Å². The number of hydrogen-bond acceptors (Lipinski definition) is 6. The van der Waals surface area contributed by atoms with Gasteiger partial charge in [-0.15, -0.1) is 0 Å². The zero-order valence-corrected chi connectivity index (χ0v) is 18.8. The molecule has 2 fully saturated rings. The molecule has 2 aliphatic heterocycles. The number of amides is 2. The van der Waals surface area contributed by atoms with E-state index in [0.29, 0.717) is 13.1 Å². The molecule has 2 aliphatic rings. The summed E-state index contributed by atoms with van der Waals surface area (Å²) in [6.45, 7) is 5.60. The minimum absolute atomic E-state index is 0.0501. The fourth-order valence-electron chi connectivity index (χ4n) is 4.53. The highest BCUT2D eigenvalue weighted by molar-refractivity contribution is 5.81. The molecule has 1 aromatic heterocycles. The van der Waals surface area contributed by atoms with Crippen LogP contribution in [-0.2, 0) is 14.3 Å². The van der Waals surface area contributed by atoms with Crippen molar-refractivity contribution in [2.24, 2.45) is 5.41 Å². The van der Waals surface area contributed by atoms with Crippen molar-refractivity contribution < 1.29 is 24.2 Å². The first-order valence-electron chi connectivity index (χ1n) is 11.5. The Morgan fingerprint density at radius 3 is 2.53 bits per heavy atom. The highest BCUT2D eigenvalue weighted by atomic mass is 16.5. The molecule has 3 rings (SSSR count). The van der Waals surface area contributed by atoms with Crippen molar-refractivity contribution in [1.29, 1.82) is 0 Å². The maximum atomic E-state index is 12.7. The predicted octanol–water partition coefficient (Wildman–Crippen LogP) is 2.66. The van der Waals surface area contributed by atoms with Gasteiger partial charge < -0.3 is 25.0 Å². The smallest absolute Gasteiger partial charge is 0.407 e. The molecule has 3 heterocycles. The number of likely N-dealkylation sites (tertiary alicyclic amines) is 1. The van der Waals surface area contributed by atoms with Gasteiger partial charge in [0.25, 0.3) is 0 Å². The first-order chi connectivity index (χ1) is 15.4. The number of aliphatic carboxylic acids is 1. The van der Waals surface area contributed by atoms with Crippen LogP contribution in [0.4, 0.5) is 10.5 Å². The zero-order valence-electron chi connectivity index (χ0n) is 18.8. The van der Waals surface area contributed by atoms with Crippen LogP contribution < -0.4 is 10.2 Å². The van der Waals surface area contributed by atoms with Crippen molar-refractivity contribution in [2.45, 2.75) is 57.9 Å². The van der Waals surface area contributed by atoms with Crippen LogP contribution in [0.5, 0.6) is 0 Å². The van der Waals surface area contributed by atoms with Gasteiger partial charge in [-0.25, -0.2) is 9.59 Å². The summed E-state index contributed by atoms with van der Waals surface area (Å²) < 4.78 is 4.96. The summed E-state index contributed by atoms with van der Waals surface area (Å²) >= 11 is 0. The van der Waals surface area contributed by atoms with E-state index in [9.17, 15) is 19.5 Å². The van der Waals surface area contributed by atoms with Gasteiger partial charge in [-0.1, -0.05) is 13.3 Å². The molecule has 0 radical (unpaired) electrons. The van der Waals surface area contributed by atoms with E-state index in [0.717, 1.165) is 45.2 Å². The normalized spacial score (nSPS) is 18.4. The summed E-state index contributed by atoms with van der Waals surface area (Å²) in [6, 6.07) is 2.93. The third-order valence-electron chi connectivity index (χ3n) is 6.61. The van der Waals surface area contributed by atoms with Crippen molar-refractivity contribution in [1.82, 2.24) is 15.2 Å². The molecule has 1 aromatic rings. The molecule has 1 spiro atoms. The number of aromatic nitrogens is 1. The Balaban J connectivity index is 1.43. The molecule has 2 saturated heterocycles. The average Bonchev–Trinajstić information content (AvgIpc) is 3.21. The molecule has 176 valence electrons. The lowest BCUT2D eigenvalue weighted by atomic mass is 9.77. The molecule has 2 amide bonds. The van der Waals surface area contributed by atoms with Gasteiger partial charge in [0, 0.05) is 50.7 Å². The lowest BCUT2D eigenvalue weighted by Crippen LogP contribution is -2.45. The maximum Gasteiger partial charge on any atom is 0.407 e. The number of rotatable bonds is 9. The molecule has 1 atom stereocenters. The maximum absolute atomic E-state index is 12.7. The summed E-state index contributed by atoms with van der Waals surface area (Å²) in [7, 11) is 0. The Bertz CT molecular complexity index is 780. The summed E-state index contributed by atoms with van der Waals surface area (Å²) in [6.07, 6.45) is 7.62. The third-order valence-corrected chi connectivity index (χ3v) is 6.61. The van der Waals surface area contributed by atoms with Gasteiger partial charge >= 0.3 is 12.1 Å². The second-order valence-electron chi connectivity index (χ2n) is 8.82. The van der Waals surface area contributed by atoms with Crippen molar-refractivity contribution in [3.05, 3.63) is 24.5 Å². The second kappa shape index (κ2) is 11.2. The molecule has 9 heteroatoms. The number of anilines is 1. The molecular weight excluding hydrogens is 412 g/mol. The first-order valence-corrected chi connectivity index (χ1v) is 11.5. The van der Waals surface area contributed by atoms with E-state index in [1.807, 2.05) is 36.4 Å². The van der Waals surface area contributed by atoms with E-state index >= 15 is 0 Å². The number of pyridine rings is 1. The summed E-state index contributed by atoms with van der Waals surface area (Å²) in [5.74, 6) is -1.22. The van der Waals surface area contributed by atoms with Crippen LogP contribution in [0.2, 0.25) is 0 Å². The Morgan fingerprint density at radius 1 is 1.19 bits per heavy atom. The molecule has 9 nitrogen and oxygen atoms in total. The fourth-order valence-corrected chi connectivity index (χ4v) is 4.53. The largest absolute Gasteiger partial charge is 0.480 e. The molecule has 0 unspecified atom stereocenters. The highest BCUT2D eigenvalue weighted by Gasteiger charge is 2.41. The van der Waals surface area contributed by atoms with Crippen molar-refractivity contribution in [3.8, 4) is 0 Å². The summed E-state index contributed by atoms with van der Waals surface area (Å²) in [4.78, 5) is 44.2. The lowest BCUT2D eigenvalue weighted by molar-refractivity contribution is -0.140. The van der Waals surface area contributed by atoms with Crippen LogP contribution in [0, 0.1) is 5.41 Å². The zero-order chi connectivity index (χ0) is 23.0. The topological polar surface area (TPSA) is 112 Å². The van der Waals surface area contributed by atoms with Crippen LogP contribution >= 0.6 is 0 Å². The molecule has 0 bridgehead atoms. The van der Waals surface area contributed by atoms with Crippen molar-refractivity contribution in [2.75, 3.05) is 37.7 Å². The quantitative estimate of drug-likeness (QED) is 0.561. The standard InChI is InChI=1S/C23H34N4O5/c1-2-3-16-32-22(31)25-19(21(29)30)4-5-20(28)26-13-8-23(9-14-26)10-15-27(17-23)18-6-11-24-12-7-18/h6-7,11-12,19H,2-5,8-10,13-17H2,1H3,(H,25,31)(H,29,30)/t19-/m0/s1. The molecule has 0 aromatic carbocycles. The monoisotopic (exact) mass is 446 g/mol. The number of carboxylic acids is 1. The Hall–Kier alpha value is -2.84. The molecule has 2 N–H and O–H groups in total. The first kappa shape index (κ1) is 23.8. The number of carbonyl (C=O) groups is 3. The molecule has 0 saturated carbocycles. The number of unbranched alkanes of at least 4 members (excludes halogenated alkanes) is 1. The minimum atomic E-state index is -1.16. The predicted molar refractivity (Wildman–Crippen MR) is 119 cm³/mol. The van der Waals surface area contributed by atoms with Crippen LogP contribution in [0.3, 0.4) is 0 Å². The highest BCUT2D eigenvalue weighted by Crippen LogP contribution is 2.41. The lowest BCUT2D eigenvalue weighted by Gasteiger charge is -2.39. The van der Waals surface area contributed by atoms with Crippen LogP contribution in [0.15, 0.2) is 24.5 Å². The Labute approximate surface area is 189 Å². The minimum Gasteiger partial charge on any atom is -0.480 e. The van der Waals surface area contributed by atoms with Gasteiger partial charge in [-0.3, -0.25) is 9.78 Å². The van der Waals surface area contributed by atoms with Crippen molar-refractivity contribution >= 4 is 23.7 Å². The van der Waals surface area contributed by atoms with Crippen LogP contribution in [0.25, 0.3) is 0 Å². The number of ether oxygens (including phenoxy) is 1. The average molecular weight is 447 g/mol. The molecule has 0 aliphatic carbocycles. The number of nitrogens with zero attached hydrogens (tertiary/aromatic N) is 3. The van der Waals surface area contributed by atoms with E-state index in [4.69, 9.17) is 4.74 Å². The number of carbonyl (C=O) groups excluding carboxylic acids is 2. The van der Waals surface area contributed by atoms with Gasteiger partial charge in [-0.2, -0.15) is 0 Å². The SMILES string of the molecule is CCCCOC(=O)N[C@@H](CCC(=O)N1CCC2(CC1)CCN(c1ccncc1)C2)C(=O)O. The second-order valence-corrected chi connectivity index (χ2v) is 8.82. The van der Waals surface area contributed by atoms with Crippen molar-refractivity contribution in [3.63, 3.8) is 0 Å². The van der Waals surface area contributed by atoms with E-state index in [1.54, 1.807) is 0 Å². The van der Waals surface area contributed by atoms with Gasteiger partial charge in [0.05, 0.1) is 6.61 Å². The van der Waals surface area contributed by atoms with E-state index in [-0.39, 0.29) is 30.8 Å².